The van der Waals surface area contributed by atoms with Crippen LogP contribution in [-0.4, -0.2) is 15.7 Å². The number of nitrogens with zero attached hydrogens (tertiary/aromatic N) is 2. The summed E-state index contributed by atoms with van der Waals surface area (Å²) >= 11 is 0. The van der Waals surface area contributed by atoms with Gasteiger partial charge in [-0.15, -0.1) is 0 Å². The lowest BCUT2D eigenvalue weighted by Gasteiger charge is -2.18. The molecule has 2 aromatic rings. The molecule has 2 rings (SSSR count). The van der Waals surface area contributed by atoms with Crippen molar-refractivity contribution in [2.75, 3.05) is 0 Å². The van der Waals surface area contributed by atoms with Gasteiger partial charge in [0.25, 0.3) is 0 Å². The Morgan fingerprint density at radius 3 is 2.65 bits per heavy atom. The monoisotopic (exact) mass is 279 g/mol. The van der Waals surface area contributed by atoms with Crippen LogP contribution in [0.5, 0.6) is 0 Å². The van der Waals surface area contributed by atoms with Gasteiger partial charge in [-0.1, -0.05) is 6.07 Å². The van der Waals surface area contributed by atoms with E-state index in [1.807, 2.05) is 0 Å². The van der Waals surface area contributed by atoms with Crippen LogP contribution in [0.15, 0.2) is 36.7 Å². The first-order chi connectivity index (χ1) is 9.49. The van der Waals surface area contributed by atoms with Crippen molar-refractivity contribution in [2.45, 2.75) is 25.9 Å². The summed E-state index contributed by atoms with van der Waals surface area (Å²) in [4.78, 5) is 12.0. The smallest absolute Gasteiger partial charge is 0.245 e. The summed E-state index contributed by atoms with van der Waals surface area (Å²) in [5, 5.41) is 6.73. The van der Waals surface area contributed by atoms with Gasteiger partial charge in [0.05, 0.1) is 6.04 Å². The zero-order chi connectivity index (χ0) is 14.7. The van der Waals surface area contributed by atoms with Crippen LogP contribution in [0.1, 0.15) is 31.5 Å². The highest BCUT2D eigenvalue weighted by molar-refractivity contribution is 5.80. The molecule has 0 aliphatic carbocycles. The van der Waals surface area contributed by atoms with E-state index in [1.54, 1.807) is 32.3 Å². The lowest BCUT2D eigenvalue weighted by Crippen LogP contribution is -2.33. The third-order valence-corrected chi connectivity index (χ3v) is 3.10. The molecule has 0 bridgehead atoms. The van der Waals surface area contributed by atoms with Gasteiger partial charge in [0.15, 0.2) is 11.6 Å². The lowest BCUT2D eigenvalue weighted by atomic mass is 10.1. The Labute approximate surface area is 115 Å². The molecule has 4 nitrogen and oxygen atoms in total. The molecule has 106 valence electrons. The minimum atomic E-state index is -0.927. The second kappa shape index (κ2) is 5.81. The predicted octanol–water partition coefficient (Wildman–Crippen LogP) is 2.60. The van der Waals surface area contributed by atoms with Crippen LogP contribution < -0.4 is 5.32 Å². The minimum absolute atomic E-state index is 0.245. The van der Waals surface area contributed by atoms with Gasteiger partial charge in [0, 0.05) is 12.4 Å². The van der Waals surface area contributed by atoms with E-state index in [0.29, 0.717) is 5.56 Å². The molecule has 0 saturated carbocycles. The molecule has 1 N–H and O–H groups in total. The Hall–Kier alpha value is -2.24. The van der Waals surface area contributed by atoms with Gasteiger partial charge < -0.3 is 5.32 Å². The van der Waals surface area contributed by atoms with Crippen molar-refractivity contribution in [3.63, 3.8) is 0 Å². The largest absolute Gasteiger partial charge is 0.348 e. The van der Waals surface area contributed by atoms with E-state index in [0.717, 1.165) is 12.1 Å². The Morgan fingerprint density at radius 1 is 1.30 bits per heavy atom. The van der Waals surface area contributed by atoms with E-state index in [-0.39, 0.29) is 5.91 Å². The van der Waals surface area contributed by atoms with Gasteiger partial charge in [0.2, 0.25) is 5.91 Å². The molecule has 1 amide bonds. The number of rotatable bonds is 4. The molecule has 2 atom stereocenters. The second-order valence-electron chi connectivity index (χ2n) is 4.57. The standard InChI is InChI=1S/C14H15F2N3O/c1-9(11-4-5-12(15)13(16)8-11)18-14(20)10(2)19-7-3-6-17-19/h3-10H,1-2H3,(H,18,20). The number of amides is 1. The van der Waals surface area contributed by atoms with E-state index in [2.05, 4.69) is 10.4 Å². The number of hydrogen-bond donors (Lipinski definition) is 1. The van der Waals surface area contributed by atoms with E-state index >= 15 is 0 Å². The fourth-order valence-electron chi connectivity index (χ4n) is 1.83. The van der Waals surface area contributed by atoms with Crippen LogP contribution in [0.2, 0.25) is 0 Å². The van der Waals surface area contributed by atoms with Crippen LogP contribution in [0.3, 0.4) is 0 Å². The van der Waals surface area contributed by atoms with Crippen molar-refractivity contribution in [1.82, 2.24) is 15.1 Å². The molecule has 1 heterocycles. The Morgan fingerprint density at radius 2 is 2.05 bits per heavy atom. The van der Waals surface area contributed by atoms with Gasteiger partial charge in [0.1, 0.15) is 6.04 Å². The fraction of sp³-hybridized carbons (Fsp3) is 0.286. The van der Waals surface area contributed by atoms with Crippen LogP contribution >= 0.6 is 0 Å². The van der Waals surface area contributed by atoms with Gasteiger partial charge in [-0.05, 0) is 37.6 Å². The number of carbonyl (C=O) groups is 1. The minimum Gasteiger partial charge on any atom is -0.348 e. The van der Waals surface area contributed by atoms with Gasteiger partial charge in [-0.25, -0.2) is 8.78 Å². The van der Waals surface area contributed by atoms with Crippen LogP contribution in [0.4, 0.5) is 8.78 Å². The van der Waals surface area contributed by atoms with Crippen molar-refractivity contribution >= 4 is 5.91 Å². The maximum absolute atomic E-state index is 13.2. The first-order valence-corrected chi connectivity index (χ1v) is 6.23. The molecule has 0 aliphatic heterocycles. The third kappa shape index (κ3) is 3.01. The fourth-order valence-corrected chi connectivity index (χ4v) is 1.83. The van der Waals surface area contributed by atoms with E-state index in [1.165, 1.54) is 10.7 Å². The summed E-state index contributed by atoms with van der Waals surface area (Å²) in [6, 6.07) is 4.40. The molecule has 0 radical (unpaired) electrons. The molecule has 0 fully saturated rings. The normalized spacial score (nSPS) is 13.8. The van der Waals surface area contributed by atoms with Gasteiger partial charge in [-0.2, -0.15) is 5.10 Å². The zero-order valence-electron chi connectivity index (χ0n) is 11.2. The summed E-state index contributed by atoms with van der Waals surface area (Å²) in [5.74, 6) is -2.08. The number of hydrogen-bond acceptors (Lipinski definition) is 2. The molecule has 6 heteroatoms. The molecular formula is C14H15F2N3O. The van der Waals surface area contributed by atoms with Gasteiger partial charge >= 0.3 is 0 Å². The molecule has 20 heavy (non-hydrogen) atoms. The zero-order valence-corrected chi connectivity index (χ0v) is 11.2. The molecule has 0 aliphatic rings. The van der Waals surface area contributed by atoms with Crippen molar-refractivity contribution < 1.29 is 13.6 Å². The van der Waals surface area contributed by atoms with Crippen LogP contribution in [0, 0.1) is 11.6 Å². The molecule has 1 aromatic carbocycles. The van der Waals surface area contributed by atoms with E-state index < -0.39 is 23.7 Å². The Kier molecular flexibility index (Phi) is 4.12. The number of carbonyl (C=O) groups excluding carboxylic acids is 1. The highest BCUT2D eigenvalue weighted by atomic mass is 19.2. The summed E-state index contributed by atoms with van der Waals surface area (Å²) in [7, 11) is 0. The molecule has 0 spiro atoms. The van der Waals surface area contributed by atoms with Crippen molar-refractivity contribution in [3.8, 4) is 0 Å². The third-order valence-electron chi connectivity index (χ3n) is 3.10. The average molecular weight is 279 g/mol. The number of halogens is 2. The van der Waals surface area contributed by atoms with Gasteiger partial charge in [-0.3, -0.25) is 9.48 Å². The number of nitrogens with one attached hydrogen (secondary N) is 1. The van der Waals surface area contributed by atoms with Crippen LogP contribution in [-0.2, 0) is 4.79 Å². The molecule has 2 unspecified atom stereocenters. The SMILES string of the molecule is CC(NC(=O)C(C)n1cccn1)c1ccc(F)c(F)c1. The maximum atomic E-state index is 13.2. The quantitative estimate of drug-likeness (QED) is 0.935. The highest BCUT2D eigenvalue weighted by Gasteiger charge is 2.18. The summed E-state index contributed by atoms with van der Waals surface area (Å²) in [5.41, 5.74) is 0.505. The first-order valence-electron chi connectivity index (χ1n) is 6.23. The van der Waals surface area contributed by atoms with Crippen molar-refractivity contribution in [2.24, 2.45) is 0 Å². The topological polar surface area (TPSA) is 46.9 Å². The van der Waals surface area contributed by atoms with Crippen LogP contribution in [0.25, 0.3) is 0 Å². The Balaban J connectivity index is 2.05. The molecular weight excluding hydrogens is 264 g/mol. The average Bonchev–Trinajstić information content (AvgIpc) is 2.94. The summed E-state index contributed by atoms with van der Waals surface area (Å²) in [6.45, 7) is 3.42. The summed E-state index contributed by atoms with van der Waals surface area (Å²) < 4.78 is 27.5. The number of aromatic nitrogens is 2. The summed E-state index contributed by atoms with van der Waals surface area (Å²) in [6.07, 6.45) is 3.27. The second-order valence-corrected chi connectivity index (χ2v) is 4.57. The Bertz CT molecular complexity index is 598. The lowest BCUT2D eigenvalue weighted by molar-refractivity contribution is -0.124. The molecule has 1 aromatic heterocycles. The predicted molar refractivity (Wildman–Crippen MR) is 69.9 cm³/mol. The first kappa shape index (κ1) is 14.2. The van der Waals surface area contributed by atoms with E-state index in [9.17, 15) is 13.6 Å². The highest BCUT2D eigenvalue weighted by Crippen LogP contribution is 2.17. The maximum Gasteiger partial charge on any atom is 0.245 e. The molecule has 0 saturated heterocycles. The van der Waals surface area contributed by atoms with Crippen molar-refractivity contribution in [3.05, 3.63) is 53.9 Å². The number of benzene rings is 1. The van der Waals surface area contributed by atoms with E-state index in [4.69, 9.17) is 0 Å². The van der Waals surface area contributed by atoms with Crippen molar-refractivity contribution in [1.29, 1.82) is 0 Å².